The van der Waals surface area contributed by atoms with Gasteiger partial charge < -0.3 is 30.0 Å². The Morgan fingerprint density at radius 2 is 1.56 bits per heavy atom. The van der Waals surface area contributed by atoms with Crippen LogP contribution >= 0.6 is 0 Å². The topological polar surface area (TPSA) is 122 Å². The van der Waals surface area contributed by atoms with Gasteiger partial charge in [-0.1, -0.05) is 6.07 Å². The highest BCUT2D eigenvalue weighted by Crippen LogP contribution is 2.33. The summed E-state index contributed by atoms with van der Waals surface area (Å²) in [5.41, 5.74) is 3.12. The predicted octanol–water partition coefficient (Wildman–Crippen LogP) is 6.44. The molecule has 3 aromatic carbocycles. The van der Waals surface area contributed by atoms with Crippen LogP contribution in [0.1, 0.15) is 12.7 Å². The lowest BCUT2D eigenvalue weighted by molar-refractivity contribution is -0.114. The molecular weight excluding hydrogens is 551 g/mol. The van der Waals surface area contributed by atoms with Crippen LogP contribution in [0.3, 0.4) is 0 Å². The van der Waals surface area contributed by atoms with E-state index in [1.54, 1.807) is 30.3 Å². The predicted molar refractivity (Wildman–Crippen MR) is 164 cm³/mol. The Bertz CT molecular complexity index is 1820. The molecule has 1 saturated heterocycles. The maximum absolute atomic E-state index is 15.3. The average Bonchev–Trinajstić information content (AvgIpc) is 3.44. The second-order valence-corrected chi connectivity index (χ2v) is 10.1. The molecule has 1 aliphatic heterocycles. The van der Waals surface area contributed by atoms with Crippen LogP contribution < -0.4 is 20.9 Å². The van der Waals surface area contributed by atoms with Gasteiger partial charge >= 0.3 is 6.03 Å². The van der Waals surface area contributed by atoms with Gasteiger partial charge in [0.15, 0.2) is 5.82 Å². The largest absolute Gasteiger partial charge is 0.461 e. The van der Waals surface area contributed by atoms with E-state index in [1.807, 2.05) is 37.3 Å². The first-order chi connectivity index (χ1) is 20.8. The van der Waals surface area contributed by atoms with Crippen molar-refractivity contribution in [2.24, 2.45) is 0 Å². The third kappa shape index (κ3) is 6.31. The normalized spacial score (nSPS) is 13.1. The lowest BCUT2D eigenvalue weighted by Gasteiger charge is -2.29. The third-order valence-electron chi connectivity index (χ3n) is 6.95. The van der Waals surface area contributed by atoms with Crippen molar-refractivity contribution in [2.45, 2.75) is 13.8 Å². The molecule has 3 amide bonds. The molecule has 5 aromatic rings. The number of hydrogen-bond donors (Lipinski definition) is 3. The van der Waals surface area contributed by atoms with Crippen LogP contribution in [0.5, 0.6) is 0 Å². The van der Waals surface area contributed by atoms with E-state index in [4.69, 9.17) is 19.1 Å². The molecule has 3 heterocycles. The molecule has 0 saturated carbocycles. The third-order valence-corrected chi connectivity index (χ3v) is 6.95. The number of urea groups is 1. The van der Waals surface area contributed by atoms with E-state index in [2.05, 4.69) is 20.9 Å². The Balaban J connectivity index is 1.27. The number of aryl methyl sites for hydroxylation is 1. The standard InChI is InChI=1S/C32H29FN6O4/c1-19-3-12-29(43-19)21-4-10-25-28(18-21)36-30(38-31(25)39-13-15-42-16-14-39)22-5-11-27(26(33)17-22)37-32(41)35-24-8-6-23(7-9-24)34-20(2)40/h3-12,17-18H,13-16H2,1-2H3,(H,34,40)(H2,35,37,41). The van der Waals surface area contributed by atoms with Crippen LogP contribution in [-0.4, -0.2) is 48.2 Å². The van der Waals surface area contributed by atoms with E-state index in [1.165, 1.54) is 19.1 Å². The Morgan fingerprint density at radius 1 is 0.837 bits per heavy atom. The summed E-state index contributed by atoms with van der Waals surface area (Å²) in [4.78, 5) is 35.6. The maximum atomic E-state index is 15.3. The molecule has 1 fully saturated rings. The SMILES string of the molecule is CC(=O)Nc1ccc(NC(=O)Nc2ccc(-c3nc(N4CCOCC4)c4ccc(-c5ccc(C)o5)cc4n3)cc2F)cc1. The number of rotatable bonds is 6. The summed E-state index contributed by atoms with van der Waals surface area (Å²) < 4.78 is 26.7. The molecule has 0 atom stereocenters. The van der Waals surface area contributed by atoms with Gasteiger partial charge in [0.25, 0.3) is 0 Å². The molecule has 6 rings (SSSR count). The average molecular weight is 581 g/mol. The summed E-state index contributed by atoms with van der Waals surface area (Å²) in [6, 6.07) is 20.1. The minimum absolute atomic E-state index is 0.000726. The van der Waals surface area contributed by atoms with Crippen molar-refractivity contribution >= 4 is 45.7 Å². The number of nitrogens with one attached hydrogen (secondary N) is 3. The first-order valence-corrected chi connectivity index (χ1v) is 13.8. The van der Waals surface area contributed by atoms with E-state index in [-0.39, 0.29) is 11.6 Å². The molecule has 0 unspecified atom stereocenters. The summed E-state index contributed by atoms with van der Waals surface area (Å²) in [6.07, 6.45) is 0. The van der Waals surface area contributed by atoms with Crippen LogP contribution in [0.4, 0.5) is 32.1 Å². The molecule has 0 aliphatic carbocycles. The van der Waals surface area contributed by atoms with Gasteiger partial charge in [-0.15, -0.1) is 0 Å². The van der Waals surface area contributed by atoms with Crippen molar-refractivity contribution < 1.29 is 23.1 Å². The number of morpholine rings is 1. The van der Waals surface area contributed by atoms with Crippen molar-refractivity contribution in [2.75, 3.05) is 47.2 Å². The summed E-state index contributed by atoms with van der Waals surface area (Å²) in [5, 5.41) is 8.72. The van der Waals surface area contributed by atoms with E-state index < -0.39 is 11.8 Å². The number of hydrogen-bond acceptors (Lipinski definition) is 7. The summed E-state index contributed by atoms with van der Waals surface area (Å²) in [5.74, 6) is 1.82. The number of ether oxygens (including phenoxy) is 1. The second kappa shape index (κ2) is 11.9. The number of carbonyl (C=O) groups is 2. The lowest BCUT2D eigenvalue weighted by atomic mass is 10.1. The zero-order valence-electron chi connectivity index (χ0n) is 23.6. The number of nitrogens with zero attached hydrogens (tertiary/aromatic N) is 3. The molecule has 0 radical (unpaired) electrons. The molecule has 0 bridgehead atoms. The molecule has 0 spiro atoms. The molecule has 10 nitrogen and oxygen atoms in total. The molecule has 11 heteroatoms. The zero-order valence-corrected chi connectivity index (χ0v) is 23.6. The molecule has 3 N–H and O–H groups in total. The van der Waals surface area contributed by atoms with Gasteiger partial charge in [0.1, 0.15) is 23.2 Å². The van der Waals surface area contributed by atoms with Crippen LogP contribution in [0, 0.1) is 12.7 Å². The van der Waals surface area contributed by atoms with Crippen LogP contribution in [-0.2, 0) is 9.53 Å². The van der Waals surface area contributed by atoms with Crippen molar-refractivity contribution in [1.29, 1.82) is 0 Å². The van der Waals surface area contributed by atoms with Gasteiger partial charge in [-0.2, -0.15) is 0 Å². The lowest BCUT2D eigenvalue weighted by Crippen LogP contribution is -2.37. The van der Waals surface area contributed by atoms with Gasteiger partial charge in [0.05, 0.1) is 24.4 Å². The number of benzene rings is 3. The fraction of sp³-hybridized carbons (Fsp3) is 0.188. The minimum Gasteiger partial charge on any atom is -0.461 e. The van der Waals surface area contributed by atoms with Crippen molar-refractivity contribution in [1.82, 2.24) is 9.97 Å². The first kappa shape index (κ1) is 27.9. The molecule has 43 heavy (non-hydrogen) atoms. The van der Waals surface area contributed by atoms with Gasteiger partial charge in [0, 0.05) is 47.9 Å². The summed E-state index contributed by atoms with van der Waals surface area (Å²) in [7, 11) is 0. The Morgan fingerprint density at radius 3 is 2.23 bits per heavy atom. The van der Waals surface area contributed by atoms with E-state index in [9.17, 15) is 9.59 Å². The Labute approximate surface area is 246 Å². The zero-order chi connectivity index (χ0) is 29.9. The molecule has 218 valence electrons. The number of halogens is 1. The van der Waals surface area contributed by atoms with Gasteiger partial charge in [-0.25, -0.2) is 19.2 Å². The second-order valence-electron chi connectivity index (χ2n) is 10.1. The van der Waals surface area contributed by atoms with Gasteiger partial charge in [0.2, 0.25) is 5.91 Å². The van der Waals surface area contributed by atoms with Crippen molar-refractivity contribution in [3.8, 4) is 22.7 Å². The van der Waals surface area contributed by atoms with Crippen LogP contribution in [0.25, 0.3) is 33.6 Å². The van der Waals surface area contributed by atoms with E-state index >= 15 is 4.39 Å². The van der Waals surface area contributed by atoms with Gasteiger partial charge in [-0.05, 0) is 73.7 Å². The minimum atomic E-state index is -0.634. The highest BCUT2D eigenvalue weighted by Gasteiger charge is 2.20. The highest BCUT2D eigenvalue weighted by molar-refractivity contribution is 6.00. The van der Waals surface area contributed by atoms with Crippen molar-refractivity contribution in [3.63, 3.8) is 0 Å². The Kier molecular flexibility index (Phi) is 7.71. The number of carbonyl (C=O) groups excluding carboxylic acids is 2. The first-order valence-electron chi connectivity index (χ1n) is 13.8. The monoisotopic (exact) mass is 580 g/mol. The quantitative estimate of drug-likeness (QED) is 0.211. The van der Waals surface area contributed by atoms with E-state index in [0.717, 1.165) is 28.3 Å². The number of amides is 3. The highest BCUT2D eigenvalue weighted by atomic mass is 19.1. The van der Waals surface area contributed by atoms with Crippen molar-refractivity contribution in [3.05, 3.63) is 84.4 Å². The fourth-order valence-electron chi connectivity index (χ4n) is 4.88. The van der Waals surface area contributed by atoms with Gasteiger partial charge in [-0.3, -0.25) is 4.79 Å². The number of fused-ring (bicyclic) bond motifs is 1. The van der Waals surface area contributed by atoms with E-state index in [0.29, 0.717) is 54.6 Å². The number of aromatic nitrogens is 2. The fourth-order valence-corrected chi connectivity index (χ4v) is 4.88. The number of furan rings is 1. The Hall–Kier alpha value is -5.29. The summed E-state index contributed by atoms with van der Waals surface area (Å²) >= 11 is 0. The van der Waals surface area contributed by atoms with Crippen LogP contribution in [0.2, 0.25) is 0 Å². The van der Waals surface area contributed by atoms with Crippen LogP contribution in [0.15, 0.2) is 77.2 Å². The molecule has 2 aromatic heterocycles. The number of anilines is 4. The smallest absolute Gasteiger partial charge is 0.323 e. The molecule has 1 aliphatic rings. The molecular formula is C32H29FN6O4. The summed E-state index contributed by atoms with van der Waals surface area (Å²) in [6.45, 7) is 5.82. The maximum Gasteiger partial charge on any atom is 0.323 e.